The van der Waals surface area contributed by atoms with E-state index in [2.05, 4.69) is 15.3 Å². The van der Waals surface area contributed by atoms with E-state index in [1.165, 1.54) is 6.07 Å². The number of nitrogens with one attached hydrogen (secondary N) is 1. The molecule has 1 aromatic carbocycles. The minimum atomic E-state index is -0.386. The molecule has 0 saturated heterocycles. The van der Waals surface area contributed by atoms with E-state index in [1.54, 1.807) is 37.6 Å². The third-order valence-electron chi connectivity index (χ3n) is 2.58. The van der Waals surface area contributed by atoms with Crippen LogP contribution in [0.4, 0.5) is 11.4 Å². The first-order valence-corrected chi connectivity index (χ1v) is 5.41. The van der Waals surface area contributed by atoms with Crippen LogP contribution in [0.1, 0.15) is 11.3 Å². The molecule has 2 aromatic rings. The average Bonchev–Trinajstić information content (AvgIpc) is 2.38. The van der Waals surface area contributed by atoms with Crippen LogP contribution >= 0.6 is 0 Å². The number of benzene rings is 1. The van der Waals surface area contributed by atoms with Gasteiger partial charge in [0, 0.05) is 29.7 Å². The van der Waals surface area contributed by atoms with Crippen molar-refractivity contribution < 1.29 is 4.92 Å². The fourth-order valence-electron chi connectivity index (χ4n) is 1.62. The highest BCUT2D eigenvalue weighted by Crippen LogP contribution is 2.25. The zero-order valence-corrected chi connectivity index (χ0v) is 9.83. The summed E-state index contributed by atoms with van der Waals surface area (Å²) < 4.78 is 0. The molecular formula is C12H12N4O2. The standard InChI is InChI=1S/C12H12N4O2/c1-9-11(3-2-4-12(9)16(17)18)15-8-10-7-13-5-6-14-10/h2-7,15H,8H2,1H3. The molecule has 0 aliphatic rings. The minimum absolute atomic E-state index is 0.110. The van der Waals surface area contributed by atoms with Gasteiger partial charge in [-0.3, -0.25) is 20.1 Å². The maximum atomic E-state index is 10.8. The first-order valence-electron chi connectivity index (χ1n) is 5.41. The third-order valence-corrected chi connectivity index (χ3v) is 2.58. The highest BCUT2D eigenvalue weighted by atomic mass is 16.6. The van der Waals surface area contributed by atoms with E-state index in [0.717, 1.165) is 11.4 Å². The number of hydrogen-bond acceptors (Lipinski definition) is 5. The van der Waals surface area contributed by atoms with Crippen LogP contribution in [0.5, 0.6) is 0 Å². The maximum Gasteiger partial charge on any atom is 0.274 e. The zero-order valence-electron chi connectivity index (χ0n) is 9.83. The number of nitro groups is 1. The summed E-state index contributed by atoms with van der Waals surface area (Å²) in [5, 5.41) is 13.9. The molecule has 2 rings (SSSR count). The van der Waals surface area contributed by atoms with Crippen LogP contribution in [0.15, 0.2) is 36.8 Å². The lowest BCUT2D eigenvalue weighted by molar-refractivity contribution is -0.385. The minimum Gasteiger partial charge on any atom is -0.379 e. The second-order valence-corrected chi connectivity index (χ2v) is 3.76. The Balaban J connectivity index is 2.15. The summed E-state index contributed by atoms with van der Waals surface area (Å²) >= 11 is 0. The van der Waals surface area contributed by atoms with Crippen LogP contribution in [0, 0.1) is 17.0 Å². The van der Waals surface area contributed by atoms with E-state index in [0.29, 0.717) is 12.1 Å². The Labute approximate surface area is 104 Å². The molecule has 1 heterocycles. The summed E-state index contributed by atoms with van der Waals surface area (Å²) in [7, 11) is 0. The first kappa shape index (κ1) is 12.0. The molecule has 92 valence electrons. The highest BCUT2D eigenvalue weighted by molar-refractivity contribution is 5.59. The van der Waals surface area contributed by atoms with Gasteiger partial charge in [0.25, 0.3) is 5.69 Å². The van der Waals surface area contributed by atoms with Crippen LogP contribution < -0.4 is 5.32 Å². The van der Waals surface area contributed by atoms with Crippen molar-refractivity contribution in [1.29, 1.82) is 0 Å². The van der Waals surface area contributed by atoms with Crippen LogP contribution in [-0.4, -0.2) is 14.9 Å². The highest BCUT2D eigenvalue weighted by Gasteiger charge is 2.12. The summed E-state index contributed by atoms with van der Waals surface area (Å²) in [5.41, 5.74) is 2.24. The second-order valence-electron chi connectivity index (χ2n) is 3.76. The Morgan fingerprint density at radius 3 is 2.89 bits per heavy atom. The first-order chi connectivity index (χ1) is 8.68. The molecule has 0 aliphatic carbocycles. The van der Waals surface area contributed by atoms with Gasteiger partial charge in [0.15, 0.2) is 0 Å². The van der Waals surface area contributed by atoms with Crippen molar-refractivity contribution in [2.75, 3.05) is 5.32 Å². The van der Waals surface area contributed by atoms with Crippen molar-refractivity contribution in [3.8, 4) is 0 Å². The maximum absolute atomic E-state index is 10.8. The normalized spacial score (nSPS) is 10.1. The van der Waals surface area contributed by atoms with Gasteiger partial charge in [0.05, 0.1) is 23.4 Å². The summed E-state index contributed by atoms with van der Waals surface area (Å²) in [6.07, 6.45) is 4.86. The molecule has 18 heavy (non-hydrogen) atoms. The van der Waals surface area contributed by atoms with E-state index in [4.69, 9.17) is 0 Å². The van der Waals surface area contributed by atoms with Gasteiger partial charge in [-0.15, -0.1) is 0 Å². The number of aromatic nitrogens is 2. The molecule has 0 saturated carbocycles. The fraction of sp³-hybridized carbons (Fsp3) is 0.167. The number of anilines is 1. The van der Waals surface area contributed by atoms with E-state index >= 15 is 0 Å². The summed E-state index contributed by atoms with van der Waals surface area (Å²) in [6.45, 7) is 2.20. The predicted octanol–water partition coefficient (Wildman–Crippen LogP) is 2.31. The molecule has 1 aromatic heterocycles. The molecule has 0 fully saturated rings. The van der Waals surface area contributed by atoms with Gasteiger partial charge in [-0.05, 0) is 13.0 Å². The number of rotatable bonds is 4. The summed E-state index contributed by atoms with van der Waals surface area (Å²) in [4.78, 5) is 18.5. The molecular weight excluding hydrogens is 232 g/mol. The SMILES string of the molecule is Cc1c(NCc2cnccn2)cccc1[N+](=O)[O-]. The van der Waals surface area contributed by atoms with Crippen LogP contribution in [0.2, 0.25) is 0 Å². The predicted molar refractivity (Wildman–Crippen MR) is 67.2 cm³/mol. The average molecular weight is 244 g/mol. The van der Waals surface area contributed by atoms with Gasteiger partial charge in [-0.25, -0.2) is 0 Å². The van der Waals surface area contributed by atoms with Gasteiger partial charge in [0.2, 0.25) is 0 Å². The van der Waals surface area contributed by atoms with Crippen molar-refractivity contribution in [3.63, 3.8) is 0 Å². The van der Waals surface area contributed by atoms with Gasteiger partial charge >= 0.3 is 0 Å². The number of nitrogens with zero attached hydrogens (tertiary/aromatic N) is 3. The van der Waals surface area contributed by atoms with Crippen molar-refractivity contribution in [2.45, 2.75) is 13.5 Å². The molecule has 1 N–H and O–H groups in total. The fourth-order valence-corrected chi connectivity index (χ4v) is 1.62. The smallest absolute Gasteiger partial charge is 0.274 e. The zero-order chi connectivity index (χ0) is 13.0. The molecule has 0 aliphatic heterocycles. The number of hydrogen-bond donors (Lipinski definition) is 1. The van der Waals surface area contributed by atoms with Crippen LogP contribution in [-0.2, 0) is 6.54 Å². The molecule has 0 radical (unpaired) electrons. The Bertz CT molecular complexity index is 557. The lowest BCUT2D eigenvalue weighted by Gasteiger charge is -2.08. The largest absolute Gasteiger partial charge is 0.379 e. The van der Waals surface area contributed by atoms with Crippen molar-refractivity contribution in [3.05, 3.63) is 58.2 Å². The summed E-state index contributed by atoms with van der Waals surface area (Å²) in [6, 6.07) is 4.95. The lowest BCUT2D eigenvalue weighted by atomic mass is 10.1. The van der Waals surface area contributed by atoms with E-state index < -0.39 is 0 Å². The molecule has 6 heteroatoms. The van der Waals surface area contributed by atoms with E-state index in [-0.39, 0.29) is 10.6 Å². The van der Waals surface area contributed by atoms with Crippen molar-refractivity contribution in [2.24, 2.45) is 0 Å². The Morgan fingerprint density at radius 1 is 1.39 bits per heavy atom. The molecule has 0 atom stereocenters. The summed E-state index contributed by atoms with van der Waals surface area (Å²) in [5.74, 6) is 0. The molecule has 0 spiro atoms. The van der Waals surface area contributed by atoms with Crippen molar-refractivity contribution >= 4 is 11.4 Å². The topological polar surface area (TPSA) is 81.0 Å². The Morgan fingerprint density at radius 2 is 2.22 bits per heavy atom. The second kappa shape index (κ2) is 5.22. The van der Waals surface area contributed by atoms with Gasteiger partial charge < -0.3 is 5.32 Å². The lowest BCUT2D eigenvalue weighted by Crippen LogP contribution is -2.04. The molecule has 0 bridgehead atoms. The van der Waals surface area contributed by atoms with E-state index in [9.17, 15) is 10.1 Å². The van der Waals surface area contributed by atoms with Crippen LogP contribution in [0.25, 0.3) is 0 Å². The molecule has 6 nitrogen and oxygen atoms in total. The van der Waals surface area contributed by atoms with Gasteiger partial charge in [0.1, 0.15) is 0 Å². The van der Waals surface area contributed by atoms with Crippen LogP contribution in [0.3, 0.4) is 0 Å². The molecule has 0 amide bonds. The Kier molecular flexibility index (Phi) is 3.47. The molecule has 0 unspecified atom stereocenters. The van der Waals surface area contributed by atoms with E-state index in [1.807, 2.05) is 0 Å². The van der Waals surface area contributed by atoms with Gasteiger partial charge in [-0.1, -0.05) is 6.07 Å². The van der Waals surface area contributed by atoms with Crippen molar-refractivity contribution in [1.82, 2.24) is 9.97 Å². The number of nitro benzene ring substituents is 1. The quantitative estimate of drug-likeness (QED) is 0.659. The van der Waals surface area contributed by atoms with Gasteiger partial charge in [-0.2, -0.15) is 0 Å². The third kappa shape index (κ3) is 2.60. The Hall–Kier alpha value is -2.50. The monoisotopic (exact) mass is 244 g/mol.